The van der Waals surface area contributed by atoms with Gasteiger partial charge in [0, 0.05) is 25.4 Å². The van der Waals surface area contributed by atoms with E-state index in [1.165, 1.54) is 16.8 Å². The molecule has 0 aliphatic heterocycles. The number of ether oxygens (including phenoxy) is 1. The van der Waals surface area contributed by atoms with Crippen molar-refractivity contribution in [3.8, 4) is 0 Å². The van der Waals surface area contributed by atoms with E-state index < -0.39 is 19.6 Å². The van der Waals surface area contributed by atoms with E-state index in [9.17, 15) is 9.59 Å². The van der Waals surface area contributed by atoms with Gasteiger partial charge in [-0.25, -0.2) is 4.79 Å². The Morgan fingerprint density at radius 3 is 2.63 bits per heavy atom. The second-order valence-electron chi connectivity index (χ2n) is 5.50. The number of carboxylic acids is 1. The van der Waals surface area contributed by atoms with Crippen molar-refractivity contribution in [1.82, 2.24) is 4.57 Å². The molecule has 1 aromatic heterocycles. The molecule has 106 valence electrons. The fraction of sp³-hybridized carbons (Fsp3) is 0.500. The molecule has 1 aromatic rings. The fourth-order valence-corrected chi connectivity index (χ4v) is 2.62. The lowest BCUT2D eigenvalue weighted by Gasteiger charge is -2.16. The lowest BCUT2D eigenvalue weighted by Crippen LogP contribution is -2.28. The number of halogens is 1. The Morgan fingerprint density at radius 1 is 1.47 bits per heavy atom. The van der Waals surface area contributed by atoms with Gasteiger partial charge in [-0.2, -0.15) is 0 Å². The summed E-state index contributed by atoms with van der Waals surface area (Å²) < 4.78 is 7.25. The molecule has 0 saturated heterocycles. The number of hydrogen-bond acceptors (Lipinski definition) is 3. The Kier molecular flexibility index (Phi) is 5.51. The van der Waals surface area contributed by atoms with Crippen molar-refractivity contribution in [2.75, 3.05) is 6.61 Å². The Hall–Kier alpha value is -0.923. The summed E-state index contributed by atoms with van der Waals surface area (Å²) in [5, 5.41) is 8.92. The van der Waals surface area contributed by atoms with Gasteiger partial charge in [0.05, 0.1) is 0 Å². The SMILES string of the molecule is C[Si](C)(C)CCOCn1cc(Br)cc(C(=O)O)c1=O. The maximum absolute atomic E-state index is 11.8. The van der Waals surface area contributed by atoms with Crippen LogP contribution in [-0.2, 0) is 11.5 Å². The molecule has 1 heterocycles. The molecule has 19 heavy (non-hydrogen) atoms. The summed E-state index contributed by atoms with van der Waals surface area (Å²) in [6.07, 6.45) is 1.53. The molecule has 0 amide bonds. The van der Waals surface area contributed by atoms with E-state index in [4.69, 9.17) is 9.84 Å². The number of aromatic nitrogens is 1. The number of carbonyl (C=O) groups is 1. The van der Waals surface area contributed by atoms with Crippen LogP contribution in [0.3, 0.4) is 0 Å². The van der Waals surface area contributed by atoms with Crippen molar-refractivity contribution in [3.63, 3.8) is 0 Å². The number of carboxylic acid groups (broad SMARTS) is 1. The minimum Gasteiger partial charge on any atom is -0.477 e. The second-order valence-corrected chi connectivity index (χ2v) is 12.0. The molecule has 0 unspecified atom stereocenters. The largest absolute Gasteiger partial charge is 0.477 e. The lowest BCUT2D eigenvalue weighted by atomic mass is 10.3. The van der Waals surface area contributed by atoms with Crippen molar-refractivity contribution in [1.29, 1.82) is 0 Å². The Bertz CT molecular complexity index is 521. The topological polar surface area (TPSA) is 68.5 Å². The third-order valence-electron chi connectivity index (χ3n) is 2.51. The normalized spacial score (nSPS) is 11.6. The van der Waals surface area contributed by atoms with Crippen molar-refractivity contribution < 1.29 is 14.6 Å². The Balaban J connectivity index is 2.74. The first-order valence-electron chi connectivity index (χ1n) is 5.92. The maximum Gasteiger partial charge on any atom is 0.341 e. The number of pyridine rings is 1. The molecule has 0 radical (unpaired) electrons. The predicted octanol–water partition coefficient (Wildman–Crippen LogP) is 2.62. The molecule has 5 nitrogen and oxygen atoms in total. The molecule has 0 bridgehead atoms. The van der Waals surface area contributed by atoms with E-state index >= 15 is 0 Å². The van der Waals surface area contributed by atoms with Crippen LogP contribution in [0.1, 0.15) is 10.4 Å². The molecular formula is C12H18BrNO4Si. The summed E-state index contributed by atoms with van der Waals surface area (Å²) in [7, 11) is -1.16. The van der Waals surface area contributed by atoms with Gasteiger partial charge in [0.1, 0.15) is 12.3 Å². The number of aromatic carboxylic acids is 1. The van der Waals surface area contributed by atoms with Crippen LogP contribution in [-0.4, -0.2) is 30.3 Å². The maximum atomic E-state index is 11.8. The summed E-state index contributed by atoms with van der Waals surface area (Å²) >= 11 is 3.18. The summed E-state index contributed by atoms with van der Waals surface area (Å²) in [5.41, 5.74) is -0.813. The minimum atomic E-state index is -1.23. The number of nitrogens with zero attached hydrogens (tertiary/aromatic N) is 1. The molecule has 7 heteroatoms. The van der Waals surface area contributed by atoms with Gasteiger partial charge in [-0.15, -0.1) is 0 Å². The van der Waals surface area contributed by atoms with E-state index in [2.05, 4.69) is 35.6 Å². The molecule has 1 rings (SSSR count). The first kappa shape index (κ1) is 16.1. The van der Waals surface area contributed by atoms with Gasteiger partial charge >= 0.3 is 5.97 Å². The Morgan fingerprint density at radius 2 is 2.11 bits per heavy atom. The van der Waals surface area contributed by atoms with E-state index in [0.29, 0.717) is 11.1 Å². The zero-order valence-electron chi connectivity index (χ0n) is 11.3. The zero-order chi connectivity index (χ0) is 14.6. The van der Waals surface area contributed by atoms with Crippen molar-refractivity contribution >= 4 is 30.0 Å². The van der Waals surface area contributed by atoms with Gasteiger partial charge in [0.25, 0.3) is 5.56 Å². The number of rotatable bonds is 6. The van der Waals surface area contributed by atoms with Gasteiger partial charge in [-0.3, -0.25) is 9.36 Å². The molecule has 1 N–H and O–H groups in total. The third kappa shape index (κ3) is 5.29. The molecule has 0 atom stereocenters. The van der Waals surface area contributed by atoms with Crippen LogP contribution in [0.2, 0.25) is 25.7 Å². The van der Waals surface area contributed by atoms with Crippen molar-refractivity contribution in [2.45, 2.75) is 32.4 Å². The summed E-state index contributed by atoms with van der Waals surface area (Å²) in [5.74, 6) is -1.23. The smallest absolute Gasteiger partial charge is 0.341 e. The van der Waals surface area contributed by atoms with Gasteiger partial charge in [-0.05, 0) is 28.0 Å². The summed E-state index contributed by atoms with van der Waals surface area (Å²) in [6.45, 7) is 7.37. The van der Waals surface area contributed by atoms with Crippen molar-refractivity contribution in [2.24, 2.45) is 0 Å². The first-order valence-corrected chi connectivity index (χ1v) is 10.4. The standard InChI is InChI=1S/C12H18BrNO4Si/c1-19(2,3)5-4-18-8-14-7-9(13)6-10(11(14)15)12(16)17/h6-7H,4-5,8H2,1-3H3,(H,16,17). The van der Waals surface area contributed by atoms with Crippen LogP contribution < -0.4 is 5.56 Å². The molecule has 0 aliphatic rings. The molecule has 0 aromatic carbocycles. The summed E-state index contributed by atoms with van der Waals surface area (Å²) in [6, 6.07) is 2.30. The highest BCUT2D eigenvalue weighted by atomic mass is 79.9. The zero-order valence-corrected chi connectivity index (χ0v) is 13.9. The highest BCUT2D eigenvalue weighted by Crippen LogP contribution is 2.10. The van der Waals surface area contributed by atoms with Crippen LogP contribution in [0.4, 0.5) is 0 Å². The van der Waals surface area contributed by atoms with E-state index in [-0.39, 0.29) is 12.3 Å². The molecule has 0 aliphatic carbocycles. The van der Waals surface area contributed by atoms with Crippen LogP contribution in [0.5, 0.6) is 0 Å². The van der Waals surface area contributed by atoms with Gasteiger partial charge in [0.15, 0.2) is 0 Å². The van der Waals surface area contributed by atoms with Crippen molar-refractivity contribution in [3.05, 3.63) is 32.7 Å². The monoisotopic (exact) mass is 347 g/mol. The van der Waals surface area contributed by atoms with E-state index in [1.54, 1.807) is 0 Å². The average molecular weight is 348 g/mol. The minimum absolute atomic E-state index is 0.0725. The second kappa shape index (κ2) is 6.49. The summed E-state index contributed by atoms with van der Waals surface area (Å²) in [4.78, 5) is 22.8. The Labute approximate surface area is 121 Å². The highest BCUT2D eigenvalue weighted by molar-refractivity contribution is 9.10. The van der Waals surface area contributed by atoms with Crippen LogP contribution >= 0.6 is 15.9 Å². The fourth-order valence-electron chi connectivity index (χ4n) is 1.39. The molecule has 0 fully saturated rings. The number of hydrogen-bond donors (Lipinski definition) is 1. The lowest BCUT2D eigenvalue weighted by molar-refractivity contribution is 0.0685. The van der Waals surface area contributed by atoms with E-state index in [1.807, 2.05) is 0 Å². The van der Waals surface area contributed by atoms with Gasteiger partial charge in [-0.1, -0.05) is 19.6 Å². The molecule has 0 saturated carbocycles. The highest BCUT2D eigenvalue weighted by Gasteiger charge is 2.14. The molecular weight excluding hydrogens is 330 g/mol. The van der Waals surface area contributed by atoms with Crippen LogP contribution in [0, 0.1) is 0 Å². The first-order chi connectivity index (χ1) is 8.70. The quantitative estimate of drug-likeness (QED) is 0.634. The van der Waals surface area contributed by atoms with E-state index in [0.717, 1.165) is 6.04 Å². The molecule has 0 spiro atoms. The predicted molar refractivity (Wildman–Crippen MR) is 79.5 cm³/mol. The van der Waals surface area contributed by atoms with Crippen LogP contribution in [0.25, 0.3) is 0 Å². The third-order valence-corrected chi connectivity index (χ3v) is 4.65. The van der Waals surface area contributed by atoms with Gasteiger partial charge < -0.3 is 9.84 Å². The van der Waals surface area contributed by atoms with Crippen LogP contribution in [0.15, 0.2) is 21.5 Å². The van der Waals surface area contributed by atoms with Gasteiger partial charge in [0.2, 0.25) is 0 Å². The average Bonchev–Trinajstić information content (AvgIpc) is 2.26.